The van der Waals surface area contributed by atoms with Crippen molar-refractivity contribution in [3.05, 3.63) is 40.9 Å². The molecule has 0 saturated carbocycles. The predicted octanol–water partition coefficient (Wildman–Crippen LogP) is 5.54. The van der Waals surface area contributed by atoms with Crippen LogP contribution >= 0.6 is 11.3 Å². The van der Waals surface area contributed by atoms with Gasteiger partial charge in [0.2, 0.25) is 0 Å². The molecule has 1 heterocycles. The van der Waals surface area contributed by atoms with Crippen molar-refractivity contribution in [3.63, 3.8) is 0 Å². The molecule has 0 N–H and O–H groups in total. The Bertz CT molecular complexity index is 597. The van der Waals surface area contributed by atoms with Crippen LogP contribution in [-0.2, 0) is 12.6 Å². The van der Waals surface area contributed by atoms with Crippen molar-refractivity contribution in [3.8, 4) is 10.9 Å². The molecule has 0 spiro atoms. The third kappa shape index (κ3) is 4.74. The molecule has 0 amide bonds. The molecule has 0 unspecified atom stereocenters. The lowest BCUT2D eigenvalue weighted by molar-refractivity contribution is -0.137. The molecule has 0 aliphatic heterocycles. The summed E-state index contributed by atoms with van der Waals surface area (Å²) in [5.74, 6) is 0.347. The molecule has 1 aromatic carbocycles. The highest BCUT2D eigenvalue weighted by Gasteiger charge is 2.30. The van der Waals surface area contributed by atoms with Crippen LogP contribution in [0.25, 0.3) is 0 Å². The Labute approximate surface area is 125 Å². The lowest BCUT2D eigenvalue weighted by atomic mass is 9.91. The van der Waals surface area contributed by atoms with Crippen LogP contribution in [0.15, 0.2) is 29.6 Å². The number of rotatable bonds is 3. The van der Waals surface area contributed by atoms with Crippen LogP contribution in [0.2, 0.25) is 0 Å². The van der Waals surface area contributed by atoms with Crippen LogP contribution in [0.5, 0.6) is 10.9 Å². The van der Waals surface area contributed by atoms with Gasteiger partial charge < -0.3 is 4.74 Å². The van der Waals surface area contributed by atoms with E-state index in [1.807, 2.05) is 5.38 Å². The van der Waals surface area contributed by atoms with Gasteiger partial charge in [-0.25, -0.2) is 4.98 Å². The van der Waals surface area contributed by atoms with Gasteiger partial charge in [0.05, 0.1) is 11.3 Å². The van der Waals surface area contributed by atoms with E-state index in [9.17, 15) is 13.2 Å². The smallest absolute Gasteiger partial charge is 0.416 e. The van der Waals surface area contributed by atoms with E-state index in [0.29, 0.717) is 10.9 Å². The Morgan fingerprint density at radius 3 is 2.24 bits per heavy atom. The van der Waals surface area contributed by atoms with E-state index in [1.54, 1.807) is 0 Å². The summed E-state index contributed by atoms with van der Waals surface area (Å²) in [4.78, 5) is 4.34. The minimum Gasteiger partial charge on any atom is -0.431 e. The molecule has 0 fully saturated rings. The molecule has 1 aromatic heterocycles. The molecule has 0 atom stereocenters. The first-order valence-electron chi connectivity index (χ1n) is 6.43. The second-order valence-corrected chi connectivity index (χ2v) is 6.79. The first-order valence-corrected chi connectivity index (χ1v) is 7.31. The summed E-state index contributed by atoms with van der Waals surface area (Å²) in [6.45, 7) is 6.34. The summed E-state index contributed by atoms with van der Waals surface area (Å²) in [6, 6.07) is 4.60. The number of alkyl halides is 3. The number of benzene rings is 1. The van der Waals surface area contributed by atoms with Crippen molar-refractivity contribution >= 4 is 11.3 Å². The number of halogens is 3. The second-order valence-electron chi connectivity index (χ2n) is 5.97. The average molecular weight is 315 g/mol. The van der Waals surface area contributed by atoms with Gasteiger partial charge in [0.25, 0.3) is 5.19 Å². The highest BCUT2D eigenvalue weighted by molar-refractivity contribution is 7.11. The third-order valence-corrected chi connectivity index (χ3v) is 3.40. The highest BCUT2D eigenvalue weighted by atomic mass is 32.1. The molecule has 114 valence electrons. The monoisotopic (exact) mass is 315 g/mol. The van der Waals surface area contributed by atoms with Crippen LogP contribution in [0.4, 0.5) is 13.2 Å². The van der Waals surface area contributed by atoms with E-state index in [1.165, 1.54) is 23.5 Å². The number of nitrogens with zero attached hydrogens (tertiary/aromatic N) is 1. The lowest BCUT2D eigenvalue weighted by Gasteiger charge is -2.15. The van der Waals surface area contributed by atoms with Gasteiger partial charge in [0.15, 0.2) is 0 Å². The Hall–Kier alpha value is -1.56. The molecule has 2 aromatic rings. The number of ether oxygens (including phenoxy) is 1. The van der Waals surface area contributed by atoms with Crippen molar-refractivity contribution in [2.24, 2.45) is 5.41 Å². The molecule has 0 saturated heterocycles. The van der Waals surface area contributed by atoms with Crippen LogP contribution in [0.3, 0.4) is 0 Å². The second kappa shape index (κ2) is 5.67. The lowest BCUT2D eigenvalue weighted by Crippen LogP contribution is -2.09. The topological polar surface area (TPSA) is 22.1 Å². The zero-order valence-electron chi connectivity index (χ0n) is 12.0. The molecule has 0 aliphatic rings. The van der Waals surface area contributed by atoms with Crippen molar-refractivity contribution in [1.82, 2.24) is 4.98 Å². The largest absolute Gasteiger partial charge is 0.431 e. The highest BCUT2D eigenvalue weighted by Crippen LogP contribution is 2.32. The van der Waals surface area contributed by atoms with Gasteiger partial charge in [-0.3, -0.25) is 0 Å². The van der Waals surface area contributed by atoms with Crippen molar-refractivity contribution in [2.75, 3.05) is 0 Å². The summed E-state index contributed by atoms with van der Waals surface area (Å²) in [5.41, 5.74) is 0.358. The zero-order chi connectivity index (χ0) is 15.7. The van der Waals surface area contributed by atoms with Gasteiger partial charge in [0.1, 0.15) is 5.75 Å². The van der Waals surface area contributed by atoms with Crippen molar-refractivity contribution in [2.45, 2.75) is 33.4 Å². The van der Waals surface area contributed by atoms with Crippen molar-refractivity contribution in [1.29, 1.82) is 0 Å². The molecule has 2 nitrogen and oxygen atoms in total. The van der Waals surface area contributed by atoms with E-state index < -0.39 is 11.7 Å². The number of hydrogen-bond donors (Lipinski definition) is 0. The summed E-state index contributed by atoms with van der Waals surface area (Å²) >= 11 is 1.34. The number of hydrogen-bond acceptors (Lipinski definition) is 3. The number of thiazole rings is 1. The van der Waals surface area contributed by atoms with Gasteiger partial charge >= 0.3 is 6.18 Å². The summed E-state index contributed by atoms with van der Waals surface area (Å²) in [5, 5.41) is 2.35. The molecular weight excluding hydrogens is 299 g/mol. The quantitative estimate of drug-likeness (QED) is 0.741. The average Bonchev–Trinajstić information content (AvgIpc) is 2.73. The molecular formula is C15H16F3NOS. The first kappa shape index (κ1) is 15.8. The molecule has 0 bridgehead atoms. The zero-order valence-corrected chi connectivity index (χ0v) is 12.8. The Kier molecular flexibility index (Phi) is 4.27. The van der Waals surface area contributed by atoms with Crippen LogP contribution in [0.1, 0.15) is 32.0 Å². The molecule has 21 heavy (non-hydrogen) atoms. The standard InChI is InChI=1S/C15H16F3NOS/c1-14(2,3)8-11-9-21-13(19-11)20-12-6-4-10(5-7-12)15(16,17)18/h4-7,9H,8H2,1-3H3. The maximum Gasteiger partial charge on any atom is 0.416 e. The van der Waals surface area contributed by atoms with Gasteiger partial charge in [0, 0.05) is 5.38 Å². The van der Waals surface area contributed by atoms with Gasteiger partial charge in [-0.1, -0.05) is 32.1 Å². The summed E-state index contributed by atoms with van der Waals surface area (Å²) in [7, 11) is 0. The minimum atomic E-state index is -4.33. The van der Waals surface area contributed by atoms with E-state index in [4.69, 9.17) is 4.74 Å². The minimum absolute atomic E-state index is 0.125. The van der Waals surface area contributed by atoms with Crippen LogP contribution in [-0.4, -0.2) is 4.98 Å². The fraction of sp³-hybridized carbons (Fsp3) is 0.400. The fourth-order valence-electron chi connectivity index (χ4n) is 1.77. The van der Waals surface area contributed by atoms with E-state index >= 15 is 0 Å². The normalized spacial score (nSPS) is 12.5. The van der Waals surface area contributed by atoms with Crippen LogP contribution in [0, 0.1) is 5.41 Å². The van der Waals surface area contributed by atoms with Gasteiger partial charge in [-0.2, -0.15) is 13.2 Å². The number of aromatic nitrogens is 1. The molecule has 0 radical (unpaired) electrons. The maximum atomic E-state index is 12.5. The van der Waals surface area contributed by atoms with Crippen molar-refractivity contribution < 1.29 is 17.9 Å². The summed E-state index contributed by atoms with van der Waals surface area (Å²) < 4.78 is 42.8. The molecule has 6 heteroatoms. The predicted molar refractivity (Wildman–Crippen MR) is 76.8 cm³/mol. The third-order valence-electron chi connectivity index (χ3n) is 2.63. The van der Waals surface area contributed by atoms with E-state index in [-0.39, 0.29) is 5.41 Å². The Balaban J connectivity index is 2.05. The summed E-state index contributed by atoms with van der Waals surface area (Å²) in [6.07, 6.45) is -3.51. The van der Waals surface area contributed by atoms with Gasteiger partial charge in [-0.05, 0) is 36.1 Å². The fourth-order valence-corrected chi connectivity index (χ4v) is 2.46. The van der Waals surface area contributed by atoms with Gasteiger partial charge in [-0.15, -0.1) is 0 Å². The van der Waals surface area contributed by atoms with Crippen LogP contribution < -0.4 is 4.74 Å². The first-order chi connectivity index (χ1) is 9.63. The maximum absolute atomic E-state index is 12.5. The Morgan fingerprint density at radius 2 is 1.71 bits per heavy atom. The van der Waals surface area contributed by atoms with E-state index in [2.05, 4.69) is 25.8 Å². The SMILES string of the molecule is CC(C)(C)Cc1csc(Oc2ccc(C(F)(F)F)cc2)n1. The molecule has 2 rings (SSSR count). The van der Waals surface area contributed by atoms with E-state index in [0.717, 1.165) is 24.2 Å². The molecule has 0 aliphatic carbocycles. The Morgan fingerprint density at radius 1 is 1.10 bits per heavy atom.